The van der Waals surface area contributed by atoms with Crippen LogP contribution in [0.2, 0.25) is 0 Å². The van der Waals surface area contributed by atoms with Gasteiger partial charge in [-0.3, -0.25) is 9.48 Å². The number of amides is 2. The Bertz CT molecular complexity index is 807. The van der Waals surface area contributed by atoms with E-state index in [0.29, 0.717) is 10.9 Å². The molecule has 1 saturated carbocycles. The van der Waals surface area contributed by atoms with Gasteiger partial charge in [0.25, 0.3) is 5.91 Å². The lowest BCUT2D eigenvalue weighted by Crippen LogP contribution is -2.42. The average molecular weight is 378 g/mol. The number of hydrogen-bond donors (Lipinski definition) is 2. The second-order valence-corrected chi connectivity index (χ2v) is 8.22. The molecule has 1 aliphatic rings. The van der Waals surface area contributed by atoms with Crippen molar-refractivity contribution in [2.45, 2.75) is 58.0 Å². The fraction of sp³-hybridized carbons (Fsp3) is 0.611. The highest BCUT2D eigenvalue weighted by Crippen LogP contribution is 2.35. The van der Waals surface area contributed by atoms with Gasteiger partial charge in [-0.05, 0) is 32.8 Å². The summed E-state index contributed by atoms with van der Waals surface area (Å²) in [6.45, 7) is 4.04. The van der Waals surface area contributed by atoms with Gasteiger partial charge < -0.3 is 15.3 Å². The number of aromatic nitrogens is 2. The van der Waals surface area contributed by atoms with E-state index in [1.165, 1.54) is 42.5 Å². The van der Waals surface area contributed by atoms with Crippen LogP contribution < -0.4 is 5.32 Å². The molecular weight excluding hydrogens is 352 g/mol. The molecule has 2 aromatic rings. The summed E-state index contributed by atoms with van der Waals surface area (Å²) in [5.41, 5.74) is 0.958. The van der Waals surface area contributed by atoms with Crippen LogP contribution >= 0.6 is 11.3 Å². The van der Waals surface area contributed by atoms with E-state index in [9.17, 15) is 9.59 Å². The topological polar surface area (TPSA) is 87.5 Å². The summed E-state index contributed by atoms with van der Waals surface area (Å²) in [5.74, 6) is -0.160. The van der Waals surface area contributed by atoms with Crippen molar-refractivity contribution in [3.8, 4) is 0 Å². The van der Waals surface area contributed by atoms with Gasteiger partial charge in [-0.15, -0.1) is 11.3 Å². The maximum Gasteiger partial charge on any atom is 0.407 e. The Kier molecular flexibility index (Phi) is 5.50. The number of rotatable bonds is 5. The second-order valence-electron chi connectivity index (χ2n) is 7.19. The molecule has 26 heavy (non-hydrogen) atoms. The number of fused-ring (bicyclic) bond motifs is 1. The monoisotopic (exact) mass is 378 g/mol. The highest BCUT2D eigenvalue weighted by molar-refractivity contribution is 7.20. The van der Waals surface area contributed by atoms with E-state index in [4.69, 9.17) is 10.2 Å². The Hall–Kier alpha value is -2.09. The van der Waals surface area contributed by atoms with Gasteiger partial charge in [0.15, 0.2) is 0 Å². The normalized spacial score (nSPS) is 16.6. The van der Waals surface area contributed by atoms with Crippen LogP contribution in [0, 0.1) is 6.92 Å². The third-order valence-corrected chi connectivity index (χ3v) is 6.09. The Balaban J connectivity index is 1.76. The lowest BCUT2D eigenvalue weighted by Gasteiger charge is -2.22. The van der Waals surface area contributed by atoms with Crippen LogP contribution in [0.25, 0.3) is 10.2 Å². The van der Waals surface area contributed by atoms with Crippen molar-refractivity contribution in [3.63, 3.8) is 0 Å². The first-order valence-electron chi connectivity index (χ1n) is 9.10. The lowest BCUT2D eigenvalue weighted by molar-refractivity contribution is 0.0931. The van der Waals surface area contributed by atoms with Gasteiger partial charge in [-0.2, -0.15) is 5.10 Å². The first-order chi connectivity index (χ1) is 12.4. The highest BCUT2D eigenvalue weighted by Gasteiger charge is 2.23. The van der Waals surface area contributed by atoms with Gasteiger partial charge >= 0.3 is 6.09 Å². The molecule has 2 N–H and O–H groups in total. The van der Waals surface area contributed by atoms with Gasteiger partial charge in [-0.25, -0.2) is 4.79 Å². The molecule has 0 saturated heterocycles. The van der Waals surface area contributed by atoms with Crippen molar-refractivity contribution < 1.29 is 14.7 Å². The number of thiophene rings is 1. The SMILES string of the molecule is Cc1nn(C2CCCCC2)c2sc(C(=O)NC(C)CN(C)C(=O)O)cc12. The number of aryl methyl sites for hydroxylation is 1. The molecular formula is C18H26N4O3S. The van der Waals surface area contributed by atoms with Crippen molar-refractivity contribution in [1.29, 1.82) is 0 Å². The largest absolute Gasteiger partial charge is 0.465 e. The van der Waals surface area contributed by atoms with E-state index >= 15 is 0 Å². The van der Waals surface area contributed by atoms with Crippen molar-refractivity contribution in [2.75, 3.05) is 13.6 Å². The molecule has 0 aromatic carbocycles. The van der Waals surface area contributed by atoms with Gasteiger partial charge in [0, 0.05) is 25.0 Å². The molecule has 1 aliphatic carbocycles. The predicted molar refractivity (Wildman–Crippen MR) is 102 cm³/mol. The molecule has 1 unspecified atom stereocenters. The zero-order chi connectivity index (χ0) is 18.8. The van der Waals surface area contributed by atoms with Gasteiger partial charge in [0.2, 0.25) is 0 Å². The molecule has 1 fully saturated rings. The van der Waals surface area contributed by atoms with Gasteiger partial charge in [0.05, 0.1) is 16.6 Å². The van der Waals surface area contributed by atoms with Crippen LogP contribution in [0.5, 0.6) is 0 Å². The van der Waals surface area contributed by atoms with E-state index in [1.807, 2.05) is 13.0 Å². The minimum Gasteiger partial charge on any atom is -0.465 e. The van der Waals surface area contributed by atoms with E-state index in [-0.39, 0.29) is 18.5 Å². The number of likely N-dealkylation sites (N-methyl/N-ethyl adjacent to an activating group) is 1. The van der Waals surface area contributed by atoms with Crippen LogP contribution in [-0.2, 0) is 0 Å². The summed E-state index contributed by atoms with van der Waals surface area (Å²) in [4.78, 5) is 26.4. The zero-order valence-electron chi connectivity index (χ0n) is 15.5. The summed E-state index contributed by atoms with van der Waals surface area (Å²) in [6.07, 6.45) is 5.05. The molecule has 0 radical (unpaired) electrons. The molecule has 0 aliphatic heterocycles. The molecule has 0 bridgehead atoms. The Morgan fingerprint density at radius 3 is 2.77 bits per heavy atom. The first kappa shape index (κ1) is 18.7. The van der Waals surface area contributed by atoms with Crippen LogP contribution in [0.3, 0.4) is 0 Å². The number of nitrogens with zero attached hydrogens (tertiary/aromatic N) is 3. The number of nitrogens with one attached hydrogen (secondary N) is 1. The summed E-state index contributed by atoms with van der Waals surface area (Å²) in [6, 6.07) is 2.08. The molecule has 142 valence electrons. The molecule has 2 amide bonds. The second kappa shape index (κ2) is 7.65. The summed E-state index contributed by atoms with van der Waals surface area (Å²) >= 11 is 1.47. The minimum absolute atomic E-state index is 0.160. The van der Waals surface area contributed by atoms with Crippen LogP contribution in [0.15, 0.2) is 6.07 Å². The van der Waals surface area contributed by atoms with E-state index in [0.717, 1.165) is 28.8 Å². The van der Waals surface area contributed by atoms with Crippen LogP contribution in [0.4, 0.5) is 4.79 Å². The molecule has 0 spiro atoms. The third kappa shape index (κ3) is 3.85. The predicted octanol–water partition coefficient (Wildman–Crippen LogP) is 3.64. The summed E-state index contributed by atoms with van der Waals surface area (Å²) in [7, 11) is 1.49. The smallest absolute Gasteiger partial charge is 0.407 e. The van der Waals surface area contributed by atoms with Crippen molar-refractivity contribution in [3.05, 3.63) is 16.6 Å². The molecule has 8 heteroatoms. The molecule has 1 atom stereocenters. The number of carbonyl (C=O) groups excluding carboxylic acids is 1. The Labute approximate surface area is 157 Å². The fourth-order valence-corrected chi connectivity index (χ4v) is 4.72. The standard InChI is InChI=1S/C18H26N4O3S/c1-11(10-21(3)18(24)25)19-16(23)15-9-14-12(2)20-22(17(14)26-15)13-7-5-4-6-8-13/h9,11,13H,4-8,10H2,1-3H3,(H,19,23)(H,24,25). The Morgan fingerprint density at radius 1 is 1.42 bits per heavy atom. The summed E-state index contributed by atoms with van der Waals surface area (Å²) < 4.78 is 2.12. The number of hydrogen-bond acceptors (Lipinski definition) is 4. The first-order valence-corrected chi connectivity index (χ1v) is 9.92. The Morgan fingerprint density at radius 2 is 2.12 bits per heavy atom. The van der Waals surface area contributed by atoms with Crippen LogP contribution in [-0.4, -0.2) is 51.4 Å². The molecule has 2 aromatic heterocycles. The van der Waals surface area contributed by atoms with Crippen molar-refractivity contribution in [2.24, 2.45) is 0 Å². The van der Waals surface area contributed by atoms with Crippen LogP contribution in [0.1, 0.15) is 60.4 Å². The van der Waals surface area contributed by atoms with E-state index < -0.39 is 6.09 Å². The molecule has 2 heterocycles. The minimum atomic E-state index is -1.00. The molecule has 3 rings (SSSR count). The number of carbonyl (C=O) groups is 2. The van der Waals surface area contributed by atoms with Gasteiger partial charge in [0.1, 0.15) is 4.83 Å². The number of carboxylic acid groups (broad SMARTS) is 1. The van der Waals surface area contributed by atoms with Crippen molar-refractivity contribution in [1.82, 2.24) is 20.0 Å². The quantitative estimate of drug-likeness (QED) is 0.831. The molecule has 7 nitrogen and oxygen atoms in total. The zero-order valence-corrected chi connectivity index (χ0v) is 16.3. The highest BCUT2D eigenvalue weighted by atomic mass is 32.1. The lowest BCUT2D eigenvalue weighted by atomic mass is 9.96. The van der Waals surface area contributed by atoms with E-state index in [2.05, 4.69) is 10.00 Å². The third-order valence-electron chi connectivity index (χ3n) is 4.96. The average Bonchev–Trinajstić information content (AvgIpc) is 3.16. The van der Waals surface area contributed by atoms with Crippen molar-refractivity contribution >= 4 is 33.6 Å². The van der Waals surface area contributed by atoms with E-state index in [1.54, 1.807) is 6.92 Å². The maximum atomic E-state index is 12.6. The summed E-state index contributed by atoms with van der Waals surface area (Å²) in [5, 5.41) is 17.6. The maximum absolute atomic E-state index is 12.6. The fourth-order valence-electron chi connectivity index (χ4n) is 3.59. The van der Waals surface area contributed by atoms with Gasteiger partial charge in [-0.1, -0.05) is 19.3 Å².